The van der Waals surface area contributed by atoms with Gasteiger partial charge in [0.2, 0.25) is 0 Å². The minimum Gasteiger partial charge on any atom is -0.254 e. The monoisotopic (exact) mass is 390 g/mol. The highest BCUT2D eigenvalue weighted by atomic mass is 79.9. The molecule has 2 aromatic heterocycles. The van der Waals surface area contributed by atoms with Crippen molar-refractivity contribution in [1.29, 1.82) is 0 Å². The van der Waals surface area contributed by atoms with Gasteiger partial charge in [0, 0.05) is 27.0 Å². The van der Waals surface area contributed by atoms with Crippen molar-refractivity contribution in [3.05, 3.63) is 69.3 Å². The van der Waals surface area contributed by atoms with Gasteiger partial charge in [-0.3, -0.25) is 4.98 Å². The van der Waals surface area contributed by atoms with Crippen molar-refractivity contribution in [2.75, 3.05) is 0 Å². The van der Waals surface area contributed by atoms with Crippen LogP contribution in [0.5, 0.6) is 0 Å². The number of hydrogen-bond acceptors (Lipinski definition) is 2. The standard InChI is InChI=1S/C22H19BrN2/c1-12-11-24-21-18(13(12)2)9-10-19-14(3)15(4)20(25-22(19)21)16-5-7-17(23)8-6-16/h5-11H,1-4H3. The third kappa shape index (κ3) is 2.54. The van der Waals surface area contributed by atoms with Gasteiger partial charge < -0.3 is 0 Å². The molecular weight excluding hydrogens is 372 g/mol. The van der Waals surface area contributed by atoms with Gasteiger partial charge in [0.25, 0.3) is 0 Å². The van der Waals surface area contributed by atoms with Crippen molar-refractivity contribution in [1.82, 2.24) is 9.97 Å². The Balaban J connectivity index is 2.12. The maximum absolute atomic E-state index is 5.06. The first-order chi connectivity index (χ1) is 12.0. The van der Waals surface area contributed by atoms with E-state index in [2.05, 4.69) is 80.0 Å². The second-order valence-corrected chi connectivity index (χ2v) is 7.56. The fraction of sp³-hybridized carbons (Fsp3) is 0.182. The van der Waals surface area contributed by atoms with Crippen molar-refractivity contribution >= 4 is 37.7 Å². The van der Waals surface area contributed by atoms with E-state index in [-0.39, 0.29) is 0 Å². The molecule has 0 bridgehead atoms. The zero-order valence-corrected chi connectivity index (χ0v) is 16.4. The summed E-state index contributed by atoms with van der Waals surface area (Å²) < 4.78 is 1.07. The normalized spacial score (nSPS) is 11.4. The van der Waals surface area contributed by atoms with E-state index in [1.54, 1.807) is 0 Å². The molecule has 0 N–H and O–H groups in total. The fourth-order valence-corrected chi connectivity index (χ4v) is 3.63. The number of rotatable bonds is 1. The summed E-state index contributed by atoms with van der Waals surface area (Å²) in [5.41, 5.74) is 9.11. The van der Waals surface area contributed by atoms with Gasteiger partial charge in [-0.25, -0.2) is 4.98 Å². The molecule has 0 radical (unpaired) electrons. The maximum atomic E-state index is 5.06. The van der Waals surface area contributed by atoms with E-state index in [4.69, 9.17) is 9.97 Å². The van der Waals surface area contributed by atoms with Crippen molar-refractivity contribution in [2.45, 2.75) is 27.7 Å². The fourth-order valence-electron chi connectivity index (χ4n) is 3.36. The lowest BCUT2D eigenvalue weighted by Gasteiger charge is -2.14. The molecule has 0 unspecified atom stereocenters. The molecule has 2 heterocycles. The van der Waals surface area contributed by atoms with Crippen LogP contribution in [0.1, 0.15) is 22.3 Å². The minimum absolute atomic E-state index is 0.988. The van der Waals surface area contributed by atoms with Crippen LogP contribution in [-0.2, 0) is 0 Å². The van der Waals surface area contributed by atoms with Gasteiger partial charge in [-0.15, -0.1) is 0 Å². The third-order valence-electron chi connectivity index (χ3n) is 5.20. The van der Waals surface area contributed by atoms with Crippen LogP contribution in [0.25, 0.3) is 33.1 Å². The highest BCUT2D eigenvalue weighted by Crippen LogP contribution is 2.33. The number of halogens is 1. The number of aromatic nitrogens is 2. The summed E-state index contributed by atoms with van der Waals surface area (Å²) in [7, 11) is 0. The Morgan fingerprint density at radius 2 is 1.36 bits per heavy atom. The van der Waals surface area contributed by atoms with E-state index < -0.39 is 0 Å². The molecule has 0 spiro atoms. The van der Waals surface area contributed by atoms with Gasteiger partial charge in [0.1, 0.15) is 0 Å². The number of hydrogen-bond donors (Lipinski definition) is 0. The van der Waals surface area contributed by atoms with Crippen LogP contribution < -0.4 is 0 Å². The minimum atomic E-state index is 0.988. The molecular formula is C22H19BrN2. The van der Waals surface area contributed by atoms with Crippen LogP contribution >= 0.6 is 15.9 Å². The molecule has 0 saturated carbocycles. The Kier molecular flexibility index (Phi) is 3.84. The molecule has 3 heteroatoms. The molecule has 2 aromatic carbocycles. The van der Waals surface area contributed by atoms with Gasteiger partial charge >= 0.3 is 0 Å². The molecule has 0 amide bonds. The van der Waals surface area contributed by atoms with Gasteiger partial charge in [0.15, 0.2) is 0 Å². The molecule has 0 saturated heterocycles. The lowest BCUT2D eigenvalue weighted by atomic mass is 9.96. The van der Waals surface area contributed by atoms with Crippen LogP contribution in [-0.4, -0.2) is 9.97 Å². The van der Waals surface area contributed by atoms with Crippen molar-refractivity contribution in [3.63, 3.8) is 0 Å². The number of pyridine rings is 2. The summed E-state index contributed by atoms with van der Waals surface area (Å²) in [6.45, 7) is 8.58. The van der Waals surface area contributed by atoms with E-state index in [0.717, 1.165) is 26.8 Å². The van der Waals surface area contributed by atoms with Gasteiger partial charge in [0.05, 0.1) is 16.7 Å². The molecule has 25 heavy (non-hydrogen) atoms. The quantitative estimate of drug-likeness (QED) is 0.349. The molecule has 0 aliphatic carbocycles. The third-order valence-corrected chi connectivity index (χ3v) is 5.73. The summed E-state index contributed by atoms with van der Waals surface area (Å²) in [5.74, 6) is 0. The summed E-state index contributed by atoms with van der Waals surface area (Å²) >= 11 is 3.51. The van der Waals surface area contributed by atoms with E-state index in [1.807, 2.05) is 6.20 Å². The van der Waals surface area contributed by atoms with E-state index in [1.165, 1.54) is 33.0 Å². The highest BCUT2D eigenvalue weighted by molar-refractivity contribution is 9.10. The number of benzene rings is 2. The topological polar surface area (TPSA) is 25.8 Å². The molecule has 4 aromatic rings. The smallest absolute Gasteiger partial charge is 0.0975 e. The predicted molar refractivity (Wildman–Crippen MR) is 109 cm³/mol. The molecule has 4 rings (SSSR count). The predicted octanol–water partition coefficient (Wildman–Crippen LogP) is 6.45. The Labute approximate surface area is 156 Å². The van der Waals surface area contributed by atoms with Gasteiger partial charge in [-0.2, -0.15) is 0 Å². The molecule has 0 fully saturated rings. The Morgan fingerprint density at radius 3 is 2.04 bits per heavy atom. The van der Waals surface area contributed by atoms with Crippen LogP contribution in [0.15, 0.2) is 47.1 Å². The lowest BCUT2D eigenvalue weighted by Crippen LogP contribution is -1.97. The molecule has 0 aliphatic rings. The first-order valence-electron chi connectivity index (χ1n) is 8.39. The Hall–Kier alpha value is -2.26. The second-order valence-electron chi connectivity index (χ2n) is 6.64. The van der Waals surface area contributed by atoms with Crippen LogP contribution in [0.3, 0.4) is 0 Å². The van der Waals surface area contributed by atoms with Crippen LogP contribution in [0, 0.1) is 27.7 Å². The van der Waals surface area contributed by atoms with Crippen LogP contribution in [0.4, 0.5) is 0 Å². The van der Waals surface area contributed by atoms with Crippen molar-refractivity contribution < 1.29 is 0 Å². The summed E-state index contributed by atoms with van der Waals surface area (Å²) in [6, 6.07) is 12.7. The summed E-state index contributed by atoms with van der Waals surface area (Å²) in [4.78, 5) is 9.78. The number of fused-ring (bicyclic) bond motifs is 3. The molecule has 0 atom stereocenters. The maximum Gasteiger partial charge on any atom is 0.0975 e. The second kappa shape index (κ2) is 5.92. The Bertz CT molecular complexity index is 1130. The average molecular weight is 391 g/mol. The van der Waals surface area contributed by atoms with E-state index in [0.29, 0.717) is 0 Å². The van der Waals surface area contributed by atoms with Crippen LogP contribution in [0.2, 0.25) is 0 Å². The largest absolute Gasteiger partial charge is 0.254 e. The summed E-state index contributed by atoms with van der Waals surface area (Å²) in [5, 5.41) is 2.37. The molecule has 2 nitrogen and oxygen atoms in total. The zero-order chi connectivity index (χ0) is 17.7. The van der Waals surface area contributed by atoms with Crippen molar-refractivity contribution in [3.8, 4) is 11.3 Å². The molecule has 0 aliphatic heterocycles. The lowest BCUT2D eigenvalue weighted by molar-refractivity contribution is 1.25. The Morgan fingerprint density at radius 1 is 0.720 bits per heavy atom. The van der Waals surface area contributed by atoms with E-state index >= 15 is 0 Å². The zero-order valence-electron chi connectivity index (χ0n) is 14.8. The average Bonchev–Trinajstić information content (AvgIpc) is 2.61. The van der Waals surface area contributed by atoms with Gasteiger partial charge in [-0.05, 0) is 62.1 Å². The first kappa shape index (κ1) is 16.2. The highest BCUT2D eigenvalue weighted by Gasteiger charge is 2.14. The summed E-state index contributed by atoms with van der Waals surface area (Å²) in [6.07, 6.45) is 1.95. The SMILES string of the molecule is Cc1cnc2c(ccc3c(C)c(C)c(-c4ccc(Br)cc4)nc32)c1C. The number of aryl methyl sites for hydroxylation is 3. The molecule has 124 valence electrons. The van der Waals surface area contributed by atoms with Crippen molar-refractivity contribution in [2.24, 2.45) is 0 Å². The van der Waals surface area contributed by atoms with Gasteiger partial charge in [-0.1, -0.05) is 40.2 Å². The number of nitrogens with zero attached hydrogens (tertiary/aromatic N) is 2. The van der Waals surface area contributed by atoms with E-state index in [9.17, 15) is 0 Å². The first-order valence-corrected chi connectivity index (χ1v) is 9.18.